The molecule has 0 aromatic carbocycles. The second kappa shape index (κ2) is 7.84. The number of halogens is 12. The predicted molar refractivity (Wildman–Crippen MR) is 82.5 cm³/mol. The van der Waals surface area contributed by atoms with E-state index in [9.17, 15) is 62.9 Å². The van der Waals surface area contributed by atoms with Gasteiger partial charge in [-0.3, -0.25) is 0 Å². The van der Waals surface area contributed by atoms with Crippen LogP contribution in [0.25, 0.3) is 0 Å². The van der Waals surface area contributed by atoms with E-state index in [0.717, 1.165) is 0 Å². The maximum absolute atomic E-state index is 13.3. The summed E-state index contributed by atoms with van der Waals surface area (Å²) in [5.41, 5.74) is -12.4. The Morgan fingerprint density at radius 1 is 0.548 bits per heavy atom. The third kappa shape index (κ3) is 4.60. The smallest absolute Gasteiger partial charge is 0.373 e. The molecule has 0 aromatic rings. The third-order valence-electron chi connectivity index (χ3n) is 6.63. The molecule has 14 heteroatoms. The van der Waals surface area contributed by atoms with Crippen molar-refractivity contribution >= 4 is 0 Å². The summed E-state index contributed by atoms with van der Waals surface area (Å²) in [5, 5.41) is 19.3. The van der Waals surface area contributed by atoms with Gasteiger partial charge >= 0.3 is 24.7 Å². The van der Waals surface area contributed by atoms with Crippen LogP contribution >= 0.6 is 0 Å². The van der Waals surface area contributed by atoms with Gasteiger partial charge in [0.2, 0.25) is 0 Å². The minimum absolute atomic E-state index is 0.00989. The summed E-state index contributed by atoms with van der Waals surface area (Å²) in [6.07, 6.45) is -30.0. The Morgan fingerprint density at radius 2 is 0.774 bits per heavy atom. The van der Waals surface area contributed by atoms with E-state index in [1.807, 2.05) is 0 Å². The van der Waals surface area contributed by atoms with Crippen molar-refractivity contribution in [3.63, 3.8) is 0 Å². The number of hydrogen-bond acceptors (Lipinski definition) is 2. The molecule has 0 amide bonds. The molecule has 2 nitrogen and oxygen atoms in total. The highest BCUT2D eigenvalue weighted by molar-refractivity contribution is 5.08. The Bertz CT molecular complexity index is 555. The van der Waals surface area contributed by atoms with E-state index in [4.69, 9.17) is 0 Å². The van der Waals surface area contributed by atoms with E-state index < -0.39 is 78.3 Å². The van der Waals surface area contributed by atoms with Crippen LogP contribution in [0.15, 0.2) is 0 Å². The highest BCUT2D eigenvalue weighted by atomic mass is 19.4. The Kier molecular flexibility index (Phi) is 7.11. The van der Waals surface area contributed by atoms with Crippen molar-refractivity contribution in [1.82, 2.24) is 0 Å². The molecule has 1 rings (SSSR count). The van der Waals surface area contributed by atoms with Gasteiger partial charge in [0, 0.05) is 11.8 Å². The van der Waals surface area contributed by atoms with E-state index in [2.05, 4.69) is 0 Å². The Labute approximate surface area is 169 Å². The molecule has 1 aliphatic carbocycles. The second-order valence-electron chi connectivity index (χ2n) is 8.66. The average Bonchev–Trinajstić information content (AvgIpc) is 2.55. The third-order valence-corrected chi connectivity index (χ3v) is 6.63. The van der Waals surface area contributed by atoms with Gasteiger partial charge in [0.05, 0.1) is 0 Å². The van der Waals surface area contributed by atoms with Crippen LogP contribution in [-0.2, 0) is 0 Å². The molecule has 0 spiro atoms. The Morgan fingerprint density at radius 3 is 0.968 bits per heavy atom. The monoisotopic (exact) mass is 486 g/mol. The average molecular weight is 486 g/mol. The van der Waals surface area contributed by atoms with Gasteiger partial charge < -0.3 is 10.2 Å². The van der Waals surface area contributed by atoms with Crippen LogP contribution in [0.4, 0.5) is 52.7 Å². The SMILES string of the molecule is CCC(C)(C)C1CC(C(O)(C(F)(F)F)C(F)(F)F)CC(C(O)(C(F)(F)F)C(F)(F)F)C1. The largest absolute Gasteiger partial charge is 0.426 e. The first-order chi connectivity index (χ1) is 13.4. The van der Waals surface area contributed by atoms with Gasteiger partial charge in [-0.25, -0.2) is 0 Å². The molecule has 0 aromatic heterocycles. The highest BCUT2D eigenvalue weighted by Crippen LogP contribution is 2.60. The standard InChI is InChI=1S/C17H22F12O2/c1-4-11(2,3)8-5-9(12(30,14(18,19)20)15(21,22)23)7-10(6-8)13(31,16(24,25)26)17(27,28)29/h8-10,30-31H,4-7H2,1-3H3. The maximum Gasteiger partial charge on any atom is 0.426 e. The van der Waals surface area contributed by atoms with Crippen molar-refractivity contribution in [3.05, 3.63) is 0 Å². The number of alkyl halides is 12. The molecule has 0 saturated heterocycles. The molecule has 1 saturated carbocycles. The van der Waals surface area contributed by atoms with Crippen molar-refractivity contribution in [2.24, 2.45) is 23.2 Å². The first-order valence-corrected chi connectivity index (χ1v) is 9.09. The number of hydrogen-bond donors (Lipinski definition) is 2. The minimum Gasteiger partial charge on any atom is -0.373 e. The van der Waals surface area contributed by atoms with Crippen LogP contribution < -0.4 is 0 Å². The van der Waals surface area contributed by atoms with Gasteiger partial charge in [-0.2, -0.15) is 52.7 Å². The summed E-state index contributed by atoms with van der Waals surface area (Å²) < 4.78 is 160. The molecule has 0 aliphatic heterocycles. The molecule has 1 aliphatic rings. The van der Waals surface area contributed by atoms with Gasteiger partial charge in [-0.15, -0.1) is 0 Å². The van der Waals surface area contributed by atoms with E-state index in [-0.39, 0.29) is 6.42 Å². The van der Waals surface area contributed by atoms with Crippen LogP contribution in [-0.4, -0.2) is 46.1 Å². The molecule has 0 heterocycles. The summed E-state index contributed by atoms with van der Waals surface area (Å²) in [5.74, 6) is -7.72. The van der Waals surface area contributed by atoms with E-state index >= 15 is 0 Å². The van der Waals surface area contributed by atoms with Crippen LogP contribution in [0.3, 0.4) is 0 Å². The molecule has 31 heavy (non-hydrogen) atoms. The fourth-order valence-corrected chi connectivity index (χ4v) is 4.18. The number of rotatable bonds is 4. The van der Waals surface area contributed by atoms with E-state index in [0.29, 0.717) is 0 Å². The zero-order chi connectivity index (χ0) is 25.1. The zero-order valence-electron chi connectivity index (χ0n) is 16.5. The normalized spacial score (nSPS) is 25.6. The maximum atomic E-state index is 13.3. The summed E-state index contributed by atoms with van der Waals surface area (Å²) in [6, 6.07) is 0. The Hall–Kier alpha value is -0.920. The fraction of sp³-hybridized carbons (Fsp3) is 1.00. The minimum atomic E-state index is -6.44. The summed E-state index contributed by atoms with van der Waals surface area (Å²) in [4.78, 5) is 0. The quantitative estimate of drug-likeness (QED) is 0.467. The lowest BCUT2D eigenvalue weighted by Crippen LogP contribution is -2.67. The van der Waals surface area contributed by atoms with Gasteiger partial charge in [0.15, 0.2) is 0 Å². The molecule has 0 bridgehead atoms. The highest BCUT2D eigenvalue weighted by Gasteiger charge is 2.78. The van der Waals surface area contributed by atoms with Gasteiger partial charge in [0.25, 0.3) is 11.2 Å². The number of aliphatic hydroxyl groups is 2. The first-order valence-electron chi connectivity index (χ1n) is 9.09. The Balaban J connectivity index is 3.75. The van der Waals surface area contributed by atoms with Gasteiger partial charge in [-0.05, 0) is 30.6 Å². The lowest BCUT2D eigenvalue weighted by Gasteiger charge is -2.51. The molecule has 186 valence electrons. The predicted octanol–water partition coefficient (Wildman–Crippen LogP) is 6.17. The van der Waals surface area contributed by atoms with Crippen LogP contribution in [0.2, 0.25) is 0 Å². The van der Waals surface area contributed by atoms with E-state index in [1.165, 1.54) is 20.8 Å². The summed E-state index contributed by atoms with van der Waals surface area (Å²) >= 11 is 0. The van der Waals surface area contributed by atoms with Crippen molar-refractivity contribution in [2.75, 3.05) is 0 Å². The molecule has 1 fully saturated rings. The molecular weight excluding hydrogens is 464 g/mol. The van der Waals surface area contributed by atoms with Crippen molar-refractivity contribution < 1.29 is 62.9 Å². The van der Waals surface area contributed by atoms with Gasteiger partial charge in [0.1, 0.15) is 0 Å². The second-order valence-corrected chi connectivity index (χ2v) is 8.66. The topological polar surface area (TPSA) is 40.5 Å². The molecule has 2 atom stereocenters. The zero-order valence-corrected chi connectivity index (χ0v) is 16.5. The lowest BCUT2D eigenvalue weighted by molar-refractivity contribution is -0.405. The van der Waals surface area contributed by atoms with Gasteiger partial charge in [-0.1, -0.05) is 27.2 Å². The fourth-order valence-electron chi connectivity index (χ4n) is 4.18. The van der Waals surface area contributed by atoms with Crippen LogP contribution in [0.5, 0.6) is 0 Å². The molecule has 0 radical (unpaired) electrons. The molecule has 2 unspecified atom stereocenters. The molecular formula is C17H22F12O2. The van der Waals surface area contributed by atoms with Crippen molar-refractivity contribution in [2.45, 2.75) is 82.4 Å². The van der Waals surface area contributed by atoms with Crippen LogP contribution in [0.1, 0.15) is 46.5 Å². The first kappa shape index (κ1) is 28.1. The lowest BCUT2D eigenvalue weighted by atomic mass is 9.57. The summed E-state index contributed by atoms with van der Waals surface area (Å²) in [6.45, 7) is 3.92. The van der Waals surface area contributed by atoms with E-state index in [1.54, 1.807) is 0 Å². The van der Waals surface area contributed by atoms with Crippen molar-refractivity contribution in [1.29, 1.82) is 0 Å². The van der Waals surface area contributed by atoms with Crippen molar-refractivity contribution in [3.8, 4) is 0 Å². The molecule has 2 N–H and O–H groups in total. The summed E-state index contributed by atoms with van der Waals surface area (Å²) in [7, 11) is 0. The van der Waals surface area contributed by atoms with Crippen LogP contribution in [0, 0.1) is 23.2 Å².